The summed E-state index contributed by atoms with van der Waals surface area (Å²) in [6.07, 6.45) is -0.806. The fraction of sp³-hybridized carbons (Fsp3) is 0.444. The van der Waals surface area contributed by atoms with Crippen molar-refractivity contribution < 1.29 is 5.11 Å². The van der Waals surface area contributed by atoms with E-state index in [1.54, 1.807) is 6.07 Å². The average molecular weight is 255 g/mol. The van der Waals surface area contributed by atoms with Crippen molar-refractivity contribution in [1.29, 1.82) is 0 Å². The SMILES string of the molecule is Cc1cccc(C[C@H](O)C(Cl)(Cl)Cl)n1. The molecule has 0 fully saturated rings. The van der Waals surface area contributed by atoms with Gasteiger partial charge in [-0.05, 0) is 19.1 Å². The summed E-state index contributed by atoms with van der Waals surface area (Å²) in [5, 5.41) is 9.49. The number of alkyl halides is 3. The number of pyridine rings is 1. The number of rotatable bonds is 2. The number of aliphatic hydroxyl groups is 1. The van der Waals surface area contributed by atoms with E-state index in [4.69, 9.17) is 34.8 Å². The van der Waals surface area contributed by atoms with Gasteiger partial charge in [-0.1, -0.05) is 40.9 Å². The molecule has 0 amide bonds. The largest absolute Gasteiger partial charge is 0.388 e. The molecule has 0 bridgehead atoms. The molecule has 1 heterocycles. The van der Waals surface area contributed by atoms with Crippen molar-refractivity contribution in [2.75, 3.05) is 0 Å². The van der Waals surface area contributed by atoms with Crippen LogP contribution in [0, 0.1) is 6.92 Å². The van der Waals surface area contributed by atoms with Crippen LogP contribution < -0.4 is 0 Å². The van der Waals surface area contributed by atoms with Crippen molar-refractivity contribution >= 4 is 34.8 Å². The molecule has 14 heavy (non-hydrogen) atoms. The normalized spacial score (nSPS) is 14.1. The van der Waals surface area contributed by atoms with Gasteiger partial charge in [0.05, 0.1) is 0 Å². The maximum Gasteiger partial charge on any atom is 0.216 e. The summed E-state index contributed by atoms with van der Waals surface area (Å²) in [6, 6.07) is 5.50. The van der Waals surface area contributed by atoms with Crippen molar-refractivity contribution in [3.05, 3.63) is 29.6 Å². The van der Waals surface area contributed by atoms with Crippen LogP contribution in [0.4, 0.5) is 0 Å². The maximum atomic E-state index is 9.49. The number of hydrogen-bond acceptors (Lipinski definition) is 2. The zero-order chi connectivity index (χ0) is 10.8. The molecule has 5 heteroatoms. The molecule has 0 aliphatic rings. The lowest BCUT2D eigenvalue weighted by Crippen LogP contribution is -2.27. The maximum absolute atomic E-state index is 9.49. The highest BCUT2D eigenvalue weighted by Gasteiger charge is 2.30. The highest BCUT2D eigenvalue weighted by molar-refractivity contribution is 6.68. The lowest BCUT2D eigenvalue weighted by atomic mass is 10.2. The third kappa shape index (κ3) is 3.62. The molecule has 1 aromatic rings. The van der Waals surface area contributed by atoms with Gasteiger partial charge in [0.15, 0.2) is 0 Å². The lowest BCUT2D eigenvalue weighted by Gasteiger charge is -2.18. The molecule has 0 spiro atoms. The Morgan fingerprint density at radius 2 is 2.07 bits per heavy atom. The first-order valence-electron chi connectivity index (χ1n) is 4.07. The van der Waals surface area contributed by atoms with E-state index < -0.39 is 9.90 Å². The van der Waals surface area contributed by atoms with Gasteiger partial charge in [-0.25, -0.2) is 0 Å². The van der Waals surface area contributed by atoms with E-state index in [1.165, 1.54) is 0 Å². The van der Waals surface area contributed by atoms with Gasteiger partial charge in [0.25, 0.3) is 0 Å². The van der Waals surface area contributed by atoms with Crippen molar-refractivity contribution in [2.45, 2.75) is 23.2 Å². The van der Waals surface area contributed by atoms with Gasteiger partial charge in [-0.3, -0.25) is 4.98 Å². The van der Waals surface area contributed by atoms with Crippen molar-refractivity contribution in [3.8, 4) is 0 Å². The Bertz CT molecular complexity index is 311. The first-order valence-corrected chi connectivity index (χ1v) is 5.20. The Balaban J connectivity index is 2.70. The quantitative estimate of drug-likeness (QED) is 0.823. The Labute approximate surface area is 97.8 Å². The molecule has 1 rings (SSSR count). The molecule has 1 N–H and O–H groups in total. The topological polar surface area (TPSA) is 33.1 Å². The standard InChI is InChI=1S/C9H10Cl3NO/c1-6-3-2-4-7(13-6)5-8(14)9(10,11)12/h2-4,8,14H,5H2,1H3/t8-/m0/s1. The highest BCUT2D eigenvalue weighted by atomic mass is 35.6. The van der Waals surface area contributed by atoms with E-state index in [1.807, 2.05) is 19.1 Å². The fourth-order valence-corrected chi connectivity index (χ4v) is 1.26. The second-order valence-corrected chi connectivity index (χ2v) is 5.40. The van der Waals surface area contributed by atoms with E-state index in [0.717, 1.165) is 5.69 Å². The number of aryl methyl sites for hydroxylation is 1. The van der Waals surface area contributed by atoms with Crippen molar-refractivity contribution in [2.24, 2.45) is 0 Å². The Hall–Kier alpha value is -0.0200. The number of aromatic nitrogens is 1. The molecule has 0 aliphatic carbocycles. The number of nitrogens with zero attached hydrogens (tertiary/aromatic N) is 1. The van der Waals surface area contributed by atoms with Gasteiger partial charge >= 0.3 is 0 Å². The predicted molar refractivity (Wildman–Crippen MR) is 59.0 cm³/mol. The smallest absolute Gasteiger partial charge is 0.216 e. The van der Waals surface area contributed by atoms with Crippen LogP contribution in [-0.2, 0) is 6.42 Å². The van der Waals surface area contributed by atoms with Gasteiger partial charge in [0, 0.05) is 17.8 Å². The fourth-order valence-electron chi connectivity index (χ4n) is 1.03. The minimum atomic E-state index is -1.66. The first-order chi connectivity index (χ1) is 6.39. The van der Waals surface area contributed by atoms with E-state index in [0.29, 0.717) is 5.69 Å². The zero-order valence-electron chi connectivity index (χ0n) is 7.54. The molecule has 0 saturated carbocycles. The Kier molecular flexibility index (Phi) is 4.02. The molecular formula is C9H10Cl3NO. The lowest BCUT2D eigenvalue weighted by molar-refractivity contribution is 0.178. The second-order valence-electron chi connectivity index (χ2n) is 3.03. The molecule has 0 saturated heterocycles. The Morgan fingerprint density at radius 3 is 2.57 bits per heavy atom. The van der Waals surface area contributed by atoms with Gasteiger partial charge < -0.3 is 5.11 Å². The molecule has 78 valence electrons. The van der Waals surface area contributed by atoms with Crippen LogP contribution in [-0.4, -0.2) is 20.0 Å². The molecule has 1 atom stereocenters. The van der Waals surface area contributed by atoms with Gasteiger partial charge in [0.2, 0.25) is 3.79 Å². The molecule has 0 aromatic carbocycles. The van der Waals surface area contributed by atoms with Gasteiger partial charge in [0.1, 0.15) is 6.10 Å². The average Bonchev–Trinajstić information content (AvgIpc) is 2.02. The van der Waals surface area contributed by atoms with E-state index in [-0.39, 0.29) is 6.42 Å². The first kappa shape index (κ1) is 12.1. The van der Waals surface area contributed by atoms with Crippen LogP contribution >= 0.6 is 34.8 Å². The van der Waals surface area contributed by atoms with E-state index in [9.17, 15) is 5.11 Å². The van der Waals surface area contributed by atoms with Crippen LogP contribution in [0.1, 0.15) is 11.4 Å². The highest BCUT2D eigenvalue weighted by Crippen LogP contribution is 2.31. The molecular weight excluding hydrogens is 244 g/mol. The van der Waals surface area contributed by atoms with Crippen LogP contribution in [0.15, 0.2) is 18.2 Å². The van der Waals surface area contributed by atoms with Crippen molar-refractivity contribution in [1.82, 2.24) is 4.98 Å². The van der Waals surface area contributed by atoms with Crippen LogP contribution in [0.2, 0.25) is 0 Å². The summed E-state index contributed by atoms with van der Waals surface area (Å²) in [7, 11) is 0. The van der Waals surface area contributed by atoms with Crippen LogP contribution in [0.3, 0.4) is 0 Å². The van der Waals surface area contributed by atoms with Crippen LogP contribution in [0.25, 0.3) is 0 Å². The van der Waals surface area contributed by atoms with Gasteiger partial charge in [-0.2, -0.15) is 0 Å². The van der Waals surface area contributed by atoms with E-state index in [2.05, 4.69) is 4.98 Å². The second kappa shape index (κ2) is 4.67. The monoisotopic (exact) mass is 253 g/mol. The summed E-state index contributed by atoms with van der Waals surface area (Å²) in [6.45, 7) is 1.87. The molecule has 0 radical (unpaired) electrons. The van der Waals surface area contributed by atoms with E-state index >= 15 is 0 Å². The summed E-state index contributed by atoms with van der Waals surface area (Å²) in [5.74, 6) is 0. The number of hydrogen-bond donors (Lipinski definition) is 1. The minimum absolute atomic E-state index is 0.234. The molecule has 0 unspecified atom stereocenters. The summed E-state index contributed by atoms with van der Waals surface area (Å²) in [4.78, 5) is 4.19. The van der Waals surface area contributed by atoms with Crippen molar-refractivity contribution in [3.63, 3.8) is 0 Å². The number of halogens is 3. The van der Waals surface area contributed by atoms with Gasteiger partial charge in [-0.15, -0.1) is 0 Å². The number of aliphatic hydroxyl groups excluding tert-OH is 1. The molecule has 2 nitrogen and oxygen atoms in total. The zero-order valence-corrected chi connectivity index (χ0v) is 9.81. The van der Waals surface area contributed by atoms with Crippen LogP contribution in [0.5, 0.6) is 0 Å². The summed E-state index contributed by atoms with van der Waals surface area (Å²) < 4.78 is -1.66. The summed E-state index contributed by atoms with van der Waals surface area (Å²) >= 11 is 16.6. The molecule has 1 aromatic heterocycles. The Morgan fingerprint density at radius 1 is 1.43 bits per heavy atom. The molecule has 0 aliphatic heterocycles. The predicted octanol–water partition coefficient (Wildman–Crippen LogP) is 2.66. The third-order valence-electron chi connectivity index (χ3n) is 1.73. The summed E-state index contributed by atoms with van der Waals surface area (Å²) in [5.41, 5.74) is 1.59. The minimum Gasteiger partial charge on any atom is -0.388 e. The third-order valence-corrected chi connectivity index (χ3v) is 2.48.